The molecule has 7 heteroatoms. The van der Waals surface area contributed by atoms with Crippen molar-refractivity contribution >= 4 is 29.9 Å². The molecule has 0 bridgehead atoms. The minimum atomic E-state index is 0. The minimum absolute atomic E-state index is 0. The van der Waals surface area contributed by atoms with Crippen LogP contribution in [0.5, 0.6) is 5.75 Å². The highest BCUT2D eigenvalue weighted by Gasteiger charge is 2.10. The number of aliphatic imine (C=N–C) groups is 1. The van der Waals surface area contributed by atoms with Crippen LogP contribution in [0, 0.1) is 0 Å². The summed E-state index contributed by atoms with van der Waals surface area (Å²) in [4.78, 5) is 6.70. The van der Waals surface area contributed by atoms with Crippen molar-refractivity contribution in [2.45, 2.75) is 13.0 Å². The number of nitrogens with one attached hydrogen (secondary N) is 2. The van der Waals surface area contributed by atoms with Crippen molar-refractivity contribution in [1.82, 2.24) is 15.5 Å². The largest absolute Gasteiger partial charge is 0.492 e. The zero-order chi connectivity index (χ0) is 20.2. The summed E-state index contributed by atoms with van der Waals surface area (Å²) in [6.45, 7) is 6.71. The molecule has 2 aromatic rings. The van der Waals surface area contributed by atoms with E-state index in [4.69, 9.17) is 9.47 Å². The fourth-order valence-corrected chi connectivity index (χ4v) is 3.27. The topological polar surface area (TPSA) is 58.1 Å². The van der Waals surface area contributed by atoms with Crippen LogP contribution in [0.1, 0.15) is 11.1 Å². The summed E-state index contributed by atoms with van der Waals surface area (Å²) in [7, 11) is 1.79. The molecule has 0 amide bonds. The average molecular weight is 524 g/mol. The van der Waals surface area contributed by atoms with E-state index in [9.17, 15) is 0 Å². The standard InChI is InChI=1S/C23H32N4O2.HI/c1-24-23(25-12-11-20-7-3-2-4-8-20)26-19-21-9-5-6-10-22(21)29-18-15-27-13-16-28-17-14-27;/h2-10H,11-19H2,1H3,(H2,24,25,26);1H. The highest BCUT2D eigenvalue weighted by Crippen LogP contribution is 2.17. The van der Waals surface area contributed by atoms with E-state index in [1.807, 2.05) is 24.3 Å². The van der Waals surface area contributed by atoms with Crippen molar-refractivity contribution in [2.24, 2.45) is 4.99 Å². The molecule has 0 saturated carbocycles. The Labute approximate surface area is 197 Å². The van der Waals surface area contributed by atoms with E-state index in [1.54, 1.807) is 7.05 Å². The summed E-state index contributed by atoms with van der Waals surface area (Å²) >= 11 is 0. The number of nitrogens with zero attached hydrogens (tertiary/aromatic N) is 2. The SMILES string of the molecule is CN=C(NCCc1ccccc1)NCc1ccccc1OCCN1CCOCC1.I. The van der Waals surface area contributed by atoms with E-state index in [2.05, 4.69) is 50.9 Å². The molecule has 1 fully saturated rings. The lowest BCUT2D eigenvalue weighted by atomic mass is 10.1. The number of ether oxygens (including phenoxy) is 2. The molecule has 1 aliphatic rings. The maximum atomic E-state index is 6.06. The van der Waals surface area contributed by atoms with Gasteiger partial charge in [-0.1, -0.05) is 48.5 Å². The van der Waals surface area contributed by atoms with Crippen LogP contribution < -0.4 is 15.4 Å². The van der Waals surface area contributed by atoms with Gasteiger partial charge in [-0.25, -0.2) is 0 Å². The molecule has 1 saturated heterocycles. The van der Waals surface area contributed by atoms with Crippen molar-refractivity contribution in [3.8, 4) is 5.75 Å². The second kappa shape index (κ2) is 14.2. The first-order chi connectivity index (χ1) is 14.3. The number of morpholine rings is 1. The third kappa shape index (κ3) is 8.49. The van der Waals surface area contributed by atoms with Gasteiger partial charge in [-0.15, -0.1) is 24.0 Å². The quantitative estimate of drug-likeness (QED) is 0.300. The van der Waals surface area contributed by atoms with Gasteiger partial charge in [0.15, 0.2) is 5.96 Å². The number of hydrogen-bond donors (Lipinski definition) is 2. The molecule has 0 spiro atoms. The number of para-hydroxylation sites is 1. The third-order valence-electron chi connectivity index (χ3n) is 4.96. The molecule has 0 atom stereocenters. The van der Waals surface area contributed by atoms with Gasteiger partial charge in [0.25, 0.3) is 0 Å². The smallest absolute Gasteiger partial charge is 0.191 e. The van der Waals surface area contributed by atoms with Gasteiger partial charge in [0.05, 0.1) is 13.2 Å². The van der Waals surface area contributed by atoms with E-state index >= 15 is 0 Å². The Balaban J connectivity index is 0.00000320. The van der Waals surface area contributed by atoms with Gasteiger partial charge in [-0.2, -0.15) is 0 Å². The van der Waals surface area contributed by atoms with Crippen molar-refractivity contribution in [3.63, 3.8) is 0 Å². The van der Waals surface area contributed by atoms with E-state index in [0.29, 0.717) is 13.2 Å². The zero-order valence-electron chi connectivity index (χ0n) is 17.7. The van der Waals surface area contributed by atoms with Gasteiger partial charge >= 0.3 is 0 Å². The first-order valence-corrected chi connectivity index (χ1v) is 10.3. The number of rotatable bonds is 9. The van der Waals surface area contributed by atoms with E-state index in [1.165, 1.54) is 5.56 Å². The summed E-state index contributed by atoms with van der Waals surface area (Å²) in [5.74, 6) is 1.72. The first kappa shape index (κ1) is 24.4. The second-order valence-electron chi connectivity index (χ2n) is 7.00. The lowest BCUT2D eigenvalue weighted by molar-refractivity contribution is 0.0322. The second-order valence-corrected chi connectivity index (χ2v) is 7.00. The normalized spacial score (nSPS) is 14.6. The molecule has 2 aromatic carbocycles. The first-order valence-electron chi connectivity index (χ1n) is 10.3. The van der Waals surface area contributed by atoms with Gasteiger partial charge in [-0.3, -0.25) is 9.89 Å². The van der Waals surface area contributed by atoms with Crippen molar-refractivity contribution in [1.29, 1.82) is 0 Å². The molecule has 30 heavy (non-hydrogen) atoms. The Kier molecular flexibility index (Phi) is 11.6. The van der Waals surface area contributed by atoms with Crippen molar-refractivity contribution in [2.75, 3.05) is 53.0 Å². The molecule has 2 N–H and O–H groups in total. The van der Waals surface area contributed by atoms with Crippen LogP contribution in [0.2, 0.25) is 0 Å². The molecular formula is C23H33IN4O2. The van der Waals surface area contributed by atoms with Crippen molar-refractivity contribution in [3.05, 3.63) is 65.7 Å². The van der Waals surface area contributed by atoms with Crippen molar-refractivity contribution < 1.29 is 9.47 Å². The highest BCUT2D eigenvalue weighted by molar-refractivity contribution is 14.0. The van der Waals surface area contributed by atoms with Gasteiger partial charge in [0.1, 0.15) is 12.4 Å². The molecule has 0 aromatic heterocycles. The Morgan fingerprint density at radius 1 is 1.03 bits per heavy atom. The molecule has 6 nitrogen and oxygen atoms in total. The summed E-state index contributed by atoms with van der Waals surface area (Å²) < 4.78 is 11.5. The van der Waals surface area contributed by atoms with Crippen LogP contribution in [0.25, 0.3) is 0 Å². The van der Waals surface area contributed by atoms with Gasteiger partial charge < -0.3 is 20.1 Å². The van der Waals surface area contributed by atoms with Crippen LogP contribution in [-0.4, -0.2) is 63.9 Å². The molecular weight excluding hydrogens is 491 g/mol. The fourth-order valence-electron chi connectivity index (χ4n) is 3.27. The Morgan fingerprint density at radius 3 is 2.53 bits per heavy atom. The highest BCUT2D eigenvalue weighted by atomic mass is 127. The van der Waals surface area contributed by atoms with E-state index < -0.39 is 0 Å². The number of halogens is 1. The monoisotopic (exact) mass is 524 g/mol. The molecule has 0 aliphatic carbocycles. The van der Waals surface area contributed by atoms with Crippen LogP contribution in [-0.2, 0) is 17.7 Å². The average Bonchev–Trinajstić information content (AvgIpc) is 2.78. The number of hydrogen-bond acceptors (Lipinski definition) is 4. The molecule has 3 rings (SSSR count). The lowest BCUT2D eigenvalue weighted by Gasteiger charge is -2.26. The molecule has 164 valence electrons. The summed E-state index contributed by atoms with van der Waals surface area (Å²) in [5, 5.41) is 6.76. The van der Waals surface area contributed by atoms with Crippen LogP contribution in [0.4, 0.5) is 0 Å². The Morgan fingerprint density at radius 2 is 1.77 bits per heavy atom. The van der Waals surface area contributed by atoms with Gasteiger partial charge in [0, 0.05) is 45.3 Å². The summed E-state index contributed by atoms with van der Waals surface area (Å²) in [6, 6.07) is 18.6. The predicted octanol–water partition coefficient (Wildman–Crippen LogP) is 2.92. The van der Waals surface area contributed by atoms with Crippen LogP contribution in [0.3, 0.4) is 0 Å². The van der Waals surface area contributed by atoms with Crippen LogP contribution in [0.15, 0.2) is 59.6 Å². The summed E-state index contributed by atoms with van der Waals surface area (Å²) in [6.07, 6.45) is 0.961. The van der Waals surface area contributed by atoms with Crippen LogP contribution >= 0.6 is 24.0 Å². The molecule has 1 heterocycles. The van der Waals surface area contributed by atoms with E-state index in [-0.39, 0.29) is 24.0 Å². The Hall–Kier alpha value is -1.84. The summed E-state index contributed by atoms with van der Waals surface area (Å²) in [5.41, 5.74) is 2.44. The predicted molar refractivity (Wildman–Crippen MR) is 133 cm³/mol. The molecule has 0 radical (unpaired) electrons. The fraction of sp³-hybridized carbons (Fsp3) is 0.435. The third-order valence-corrected chi connectivity index (χ3v) is 4.96. The maximum Gasteiger partial charge on any atom is 0.191 e. The number of benzene rings is 2. The van der Waals surface area contributed by atoms with Gasteiger partial charge in [0.2, 0.25) is 0 Å². The molecule has 1 aliphatic heterocycles. The molecule has 0 unspecified atom stereocenters. The maximum absolute atomic E-state index is 6.06. The van der Waals surface area contributed by atoms with E-state index in [0.717, 1.165) is 63.1 Å². The zero-order valence-corrected chi connectivity index (χ0v) is 20.0. The number of guanidine groups is 1. The minimum Gasteiger partial charge on any atom is -0.492 e. The lowest BCUT2D eigenvalue weighted by Crippen LogP contribution is -2.39. The Bertz CT molecular complexity index is 752. The van der Waals surface area contributed by atoms with Gasteiger partial charge in [-0.05, 0) is 18.1 Å².